The van der Waals surface area contributed by atoms with Crippen LogP contribution in [0.15, 0.2) is 73.1 Å². The van der Waals surface area contributed by atoms with Gasteiger partial charge in [-0.2, -0.15) is 18.6 Å². The number of amides is 2. The van der Waals surface area contributed by atoms with Crippen LogP contribution in [-0.4, -0.2) is 66.0 Å². The molecular formula is C31H36N6O6S. The lowest BCUT2D eigenvalue weighted by Crippen LogP contribution is -2.40. The van der Waals surface area contributed by atoms with Gasteiger partial charge in [-0.3, -0.25) is 14.8 Å². The number of carbonyl (C=O) groups is 2. The number of methoxy groups -OCH3 is 1. The van der Waals surface area contributed by atoms with Crippen LogP contribution >= 0.6 is 0 Å². The minimum Gasteiger partial charge on any atom is -0.384 e. The van der Waals surface area contributed by atoms with E-state index in [-0.39, 0.29) is 24.5 Å². The lowest BCUT2D eigenvalue weighted by Gasteiger charge is -2.22. The van der Waals surface area contributed by atoms with Gasteiger partial charge in [-0.25, -0.2) is 9.48 Å². The molecule has 0 saturated heterocycles. The smallest absolute Gasteiger partial charge is 0.327 e. The van der Waals surface area contributed by atoms with Crippen LogP contribution in [0.1, 0.15) is 29.9 Å². The van der Waals surface area contributed by atoms with Gasteiger partial charge in [-0.05, 0) is 43.4 Å². The highest BCUT2D eigenvalue weighted by Crippen LogP contribution is 2.43. The maximum Gasteiger partial charge on any atom is 0.327 e. The normalized spacial score (nSPS) is 19.0. The number of aromatic nitrogens is 4. The van der Waals surface area contributed by atoms with E-state index in [9.17, 15) is 18.0 Å². The number of nitrogens with one attached hydrogen (secondary N) is 2. The van der Waals surface area contributed by atoms with Crippen molar-refractivity contribution in [2.75, 3.05) is 25.3 Å². The summed E-state index contributed by atoms with van der Waals surface area (Å²) in [5.41, 5.74) is 4.04. The van der Waals surface area contributed by atoms with Crippen molar-refractivity contribution in [2.45, 2.75) is 31.7 Å². The van der Waals surface area contributed by atoms with E-state index in [0.29, 0.717) is 24.4 Å². The standard InChI is InChI=1S/C31H36N6O6S/c1-20-28(23-17-32-36(2)18-23)35-37(24-13-9-6-10-14-24)29(20)34-31(39)33-27-16-22(15-25(27)21-11-7-5-8-12-21)26(19-42-3)30(38)43-44(4,40)41/h5-14,17-18,22,25-27H,15-16,19H2,1-4H3,(H2,33,34,39)/t22-,25-,26?,27+/m0/s1. The Morgan fingerprint density at radius 3 is 2.36 bits per heavy atom. The van der Waals surface area contributed by atoms with Gasteiger partial charge in [0.2, 0.25) is 0 Å². The molecule has 12 nitrogen and oxygen atoms in total. The molecule has 1 aliphatic rings. The quantitative estimate of drug-likeness (QED) is 0.253. The first kappa shape index (κ1) is 31.0. The molecular weight excluding hydrogens is 584 g/mol. The summed E-state index contributed by atoms with van der Waals surface area (Å²) in [6.45, 7) is 1.89. The van der Waals surface area contributed by atoms with Crippen molar-refractivity contribution in [3.63, 3.8) is 0 Å². The molecule has 2 N–H and O–H groups in total. The fraction of sp³-hybridized carbons (Fsp3) is 0.355. The number of carbonyl (C=O) groups excluding carboxylic acids is 2. The molecule has 4 aromatic rings. The average Bonchev–Trinajstić information content (AvgIpc) is 3.69. The topological polar surface area (TPSA) is 146 Å². The Labute approximate surface area is 256 Å². The number of ether oxygens (including phenoxy) is 1. The summed E-state index contributed by atoms with van der Waals surface area (Å²) in [5, 5.41) is 15.2. The number of hydrogen-bond acceptors (Lipinski definition) is 8. The summed E-state index contributed by atoms with van der Waals surface area (Å²) in [7, 11) is -0.716. The van der Waals surface area contributed by atoms with Crippen molar-refractivity contribution in [2.24, 2.45) is 18.9 Å². The minimum atomic E-state index is -4.00. The molecule has 0 spiro atoms. The molecule has 2 aromatic heterocycles. The highest BCUT2D eigenvalue weighted by atomic mass is 32.2. The second-order valence-electron chi connectivity index (χ2n) is 11.1. The average molecular weight is 621 g/mol. The third-order valence-corrected chi connectivity index (χ3v) is 8.40. The Morgan fingerprint density at radius 2 is 1.75 bits per heavy atom. The monoisotopic (exact) mass is 620 g/mol. The number of hydrogen-bond donors (Lipinski definition) is 2. The predicted octanol–water partition coefficient (Wildman–Crippen LogP) is 4.03. The van der Waals surface area contributed by atoms with Crippen molar-refractivity contribution >= 4 is 27.9 Å². The zero-order chi connectivity index (χ0) is 31.4. The Bertz CT molecular complexity index is 1720. The highest BCUT2D eigenvalue weighted by molar-refractivity contribution is 7.86. The molecule has 2 aromatic carbocycles. The second-order valence-corrected chi connectivity index (χ2v) is 12.7. The van der Waals surface area contributed by atoms with E-state index in [1.807, 2.05) is 80.8 Å². The van der Waals surface area contributed by atoms with Gasteiger partial charge in [-0.1, -0.05) is 48.5 Å². The Hall–Kier alpha value is -4.49. The lowest BCUT2D eigenvalue weighted by molar-refractivity contribution is -0.142. The molecule has 2 amide bonds. The Balaban J connectivity index is 1.43. The zero-order valence-corrected chi connectivity index (χ0v) is 25.8. The number of nitrogens with zero attached hydrogens (tertiary/aromatic N) is 4. The molecule has 1 saturated carbocycles. The van der Waals surface area contributed by atoms with Crippen LogP contribution in [0, 0.1) is 18.8 Å². The van der Waals surface area contributed by atoms with Crippen LogP contribution < -0.4 is 10.6 Å². The van der Waals surface area contributed by atoms with Crippen molar-refractivity contribution in [3.05, 3.63) is 84.2 Å². The van der Waals surface area contributed by atoms with Gasteiger partial charge in [0.25, 0.3) is 0 Å². The van der Waals surface area contributed by atoms with E-state index in [2.05, 4.69) is 15.7 Å². The minimum absolute atomic E-state index is 0.00792. The number of rotatable bonds is 10. The molecule has 0 bridgehead atoms. The van der Waals surface area contributed by atoms with E-state index in [4.69, 9.17) is 14.0 Å². The van der Waals surface area contributed by atoms with E-state index in [1.54, 1.807) is 15.6 Å². The Morgan fingerprint density at radius 1 is 1.07 bits per heavy atom. The maximum atomic E-state index is 13.7. The number of anilines is 1. The molecule has 1 unspecified atom stereocenters. The number of benzene rings is 2. The molecule has 0 aliphatic heterocycles. The van der Waals surface area contributed by atoms with Gasteiger partial charge in [-0.15, -0.1) is 0 Å². The predicted molar refractivity (Wildman–Crippen MR) is 165 cm³/mol. The summed E-state index contributed by atoms with van der Waals surface area (Å²) in [5.74, 6) is -1.61. The van der Waals surface area contributed by atoms with Gasteiger partial charge in [0.05, 0.1) is 30.7 Å². The Kier molecular flexibility index (Phi) is 9.16. The van der Waals surface area contributed by atoms with Crippen LogP contribution in [0.3, 0.4) is 0 Å². The van der Waals surface area contributed by atoms with Gasteiger partial charge >= 0.3 is 22.1 Å². The number of aryl methyl sites for hydroxylation is 1. The van der Waals surface area contributed by atoms with E-state index in [0.717, 1.165) is 28.6 Å². The van der Waals surface area contributed by atoms with Crippen LogP contribution in [-0.2, 0) is 30.9 Å². The van der Waals surface area contributed by atoms with Gasteiger partial charge in [0.1, 0.15) is 11.5 Å². The van der Waals surface area contributed by atoms with Gasteiger partial charge in [0.15, 0.2) is 0 Å². The van der Waals surface area contributed by atoms with Crippen LogP contribution in [0.5, 0.6) is 0 Å². The van der Waals surface area contributed by atoms with Gasteiger partial charge < -0.3 is 14.2 Å². The van der Waals surface area contributed by atoms with Crippen molar-refractivity contribution < 1.29 is 26.9 Å². The first-order valence-electron chi connectivity index (χ1n) is 14.2. The molecule has 1 fully saturated rings. The van der Waals surface area contributed by atoms with E-state index < -0.39 is 28.0 Å². The molecule has 1 aliphatic carbocycles. The van der Waals surface area contributed by atoms with Crippen LogP contribution in [0.25, 0.3) is 16.9 Å². The third-order valence-electron chi connectivity index (χ3n) is 7.93. The maximum absolute atomic E-state index is 13.7. The summed E-state index contributed by atoms with van der Waals surface area (Å²) < 4.78 is 36.9. The zero-order valence-electron chi connectivity index (χ0n) is 25.0. The number of para-hydroxylation sites is 1. The molecule has 0 radical (unpaired) electrons. The summed E-state index contributed by atoms with van der Waals surface area (Å²) in [4.78, 5) is 26.6. The van der Waals surface area contributed by atoms with Crippen molar-refractivity contribution in [1.29, 1.82) is 0 Å². The highest BCUT2D eigenvalue weighted by Gasteiger charge is 2.43. The SMILES string of the molecule is COCC(C(=O)OS(C)(=O)=O)[C@@H]1C[C@@H](NC(=O)Nc2c(C)c(-c3cnn(C)c3)nn2-c2ccccc2)[C@H](c2ccccc2)C1. The summed E-state index contributed by atoms with van der Waals surface area (Å²) in [6, 6.07) is 18.4. The van der Waals surface area contributed by atoms with Crippen LogP contribution in [0.2, 0.25) is 0 Å². The summed E-state index contributed by atoms with van der Waals surface area (Å²) >= 11 is 0. The third kappa shape index (κ3) is 7.00. The largest absolute Gasteiger partial charge is 0.384 e. The first-order valence-corrected chi connectivity index (χ1v) is 16.0. The molecule has 2 heterocycles. The first-order chi connectivity index (χ1) is 21.0. The lowest BCUT2D eigenvalue weighted by atomic mass is 9.89. The van der Waals surface area contributed by atoms with Crippen molar-refractivity contribution in [3.8, 4) is 16.9 Å². The molecule has 13 heteroatoms. The molecule has 4 atom stereocenters. The fourth-order valence-corrected chi connectivity index (χ4v) is 6.37. The van der Waals surface area contributed by atoms with E-state index >= 15 is 0 Å². The summed E-state index contributed by atoms with van der Waals surface area (Å²) in [6.07, 6.45) is 5.37. The van der Waals surface area contributed by atoms with Crippen molar-refractivity contribution in [1.82, 2.24) is 24.9 Å². The van der Waals surface area contributed by atoms with Crippen LogP contribution in [0.4, 0.5) is 10.6 Å². The fourth-order valence-electron chi connectivity index (χ4n) is 5.95. The second kappa shape index (κ2) is 13.0. The van der Waals surface area contributed by atoms with Gasteiger partial charge in [0, 0.05) is 43.4 Å². The van der Waals surface area contributed by atoms with E-state index in [1.165, 1.54) is 7.11 Å². The molecule has 44 heavy (non-hydrogen) atoms. The number of urea groups is 1. The molecule has 232 valence electrons. The molecule has 5 rings (SSSR count).